The Bertz CT molecular complexity index is 476. The molecule has 132 valence electrons. The lowest BCUT2D eigenvalue weighted by Gasteiger charge is -2.31. The van der Waals surface area contributed by atoms with E-state index < -0.39 is 35.2 Å². The molecule has 7 heteroatoms. The quantitative estimate of drug-likeness (QED) is 0.797. The highest BCUT2D eigenvalue weighted by atomic mass is 16.6. The summed E-state index contributed by atoms with van der Waals surface area (Å²) in [5, 5.41) is 0. The molecule has 1 heterocycles. The minimum Gasteiger partial charge on any atom is -0.458 e. The Hall–Kier alpha value is -1.79. The molecule has 1 saturated heterocycles. The molecule has 0 unspecified atom stereocenters. The van der Waals surface area contributed by atoms with Gasteiger partial charge < -0.3 is 15.2 Å². The van der Waals surface area contributed by atoms with E-state index in [0.717, 1.165) is 0 Å². The summed E-state index contributed by atoms with van der Waals surface area (Å²) in [5.41, 5.74) is 3.91. The molecule has 0 aliphatic carbocycles. The normalized spacial score (nSPS) is 21.9. The zero-order valence-electron chi connectivity index (χ0n) is 14.8. The van der Waals surface area contributed by atoms with Crippen molar-refractivity contribution >= 4 is 18.0 Å². The van der Waals surface area contributed by atoms with Gasteiger partial charge in [-0.05, 0) is 48.0 Å². The second kappa shape index (κ2) is 6.76. The highest BCUT2D eigenvalue weighted by Crippen LogP contribution is 2.30. The van der Waals surface area contributed by atoms with Crippen LogP contribution in [0.4, 0.5) is 4.79 Å². The maximum Gasteiger partial charge on any atom is 0.411 e. The van der Waals surface area contributed by atoms with E-state index in [4.69, 9.17) is 15.2 Å². The maximum absolute atomic E-state index is 12.5. The van der Waals surface area contributed by atoms with Crippen LogP contribution in [0.2, 0.25) is 0 Å². The van der Waals surface area contributed by atoms with Crippen molar-refractivity contribution in [1.82, 2.24) is 4.90 Å². The van der Waals surface area contributed by atoms with Crippen LogP contribution in [-0.2, 0) is 19.1 Å². The van der Waals surface area contributed by atoms with Gasteiger partial charge in [-0.25, -0.2) is 9.59 Å². The number of primary amides is 1. The van der Waals surface area contributed by atoms with Crippen LogP contribution in [0.3, 0.4) is 0 Å². The topological polar surface area (TPSA) is 98.9 Å². The fourth-order valence-corrected chi connectivity index (χ4v) is 2.54. The molecule has 2 N–H and O–H groups in total. The van der Waals surface area contributed by atoms with Gasteiger partial charge in [0.25, 0.3) is 0 Å². The van der Waals surface area contributed by atoms with Gasteiger partial charge >= 0.3 is 12.1 Å². The lowest BCUT2D eigenvalue weighted by Crippen LogP contribution is -2.48. The maximum atomic E-state index is 12.5. The van der Waals surface area contributed by atoms with Crippen molar-refractivity contribution in [3.05, 3.63) is 0 Å². The predicted octanol–water partition coefficient (Wildman–Crippen LogP) is 1.83. The number of nitrogens with two attached hydrogens (primary N) is 1. The van der Waals surface area contributed by atoms with Crippen LogP contribution in [0.5, 0.6) is 0 Å². The third kappa shape index (κ3) is 6.08. The predicted molar refractivity (Wildman–Crippen MR) is 84.5 cm³/mol. The molecule has 0 aromatic rings. The van der Waals surface area contributed by atoms with Gasteiger partial charge in [0.15, 0.2) is 0 Å². The lowest BCUT2D eigenvalue weighted by molar-refractivity contribution is -0.161. The first kappa shape index (κ1) is 19.3. The smallest absolute Gasteiger partial charge is 0.411 e. The van der Waals surface area contributed by atoms with Gasteiger partial charge in [0.05, 0.1) is 0 Å². The zero-order valence-corrected chi connectivity index (χ0v) is 14.8. The summed E-state index contributed by atoms with van der Waals surface area (Å²) in [6.45, 7) is 10.8. The molecule has 0 aromatic carbocycles. The molecule has 1 fully saturated rings. The Labute approximate surface area is 137 Å². The zero-order chi connectivity index (χ0) is 18.0. The summed E-state index contributed by atoms with van der Waals surface area (Å²) in [6.07, 6.45) is -0.0460. The number of ether oxygens (including phenoxy) is 2. The average molecular weight is 328 g/mol. The highest BCUT2D eigenvalue weighted by molar-refractivity contribution is 5.84. The number of esters is 1. The second-order valence-corrected chi connectivity index (χ2v) is 7.87. The number of hydrogen-bond donors (Lipinski definition) is 1. The molecule has 0 radical (unpaired) electrons. The van der Waals surface area contributed by atoms with Crippen LogP contribution in [-0.4, -0.2) is 46.7 Å². The SMILES string of the molecule is CC(C)(C)OC(=O)[C@@H]1[C@@H](CC(N)=O)CCN1C(=O)OC(C)(C)C. The van der Waals surface area contributed by atoms with E-state index in [1.54, 1.807) is 41.5 Å². The van der Waals surface area contributed by atoms with Crippen molar-refractivity contribution in [3.63, 3.8) is 0 Å². The standard InChI is InChI=1S/C16H28N2O5/c1-15(2,3)22-13(20)12-10(9-11(17)19)7-8-18(12)14(21)23-16(4,5)6/h10,12H,7-9H2,1-6H3,(H2,17,19)/t10-,12+/m1/s1. The molecular formula is C16H28N2O5. The molecule has 7 nitrogen and oxygen atoms in total. The molecule has 1 rings (SSSR count). The van der Waals surface area contributed by atoms with E-state index >= 15 is 0 Å². The van der Waals surface area contributed by atoms with E-state index in [0.29, 0.717) is 13.0 Å². The third-order valence-electron chi connectivity index (χ3n) is 3.26. The van der Waals surface area contributed by atoms with Crippen LogP contribution >= 0.6 is 0 Å². The molecule has 0 saturated carbocycles. The Morgan fingerprint density at radius 3 is 2.00 bits per heavy atom. The first-order valence-electron chi connectivity index (χ1n) is 7.81. The summed E-state index contributed by atoms with van der Waals surface area (Å²) >= 11 is 0. The van der Waals surface area contributed by atoms with Gasteiger partial charge in [-0.2, -0.15) is 0 Å². The van der Waals surface area contributed by atoms with Crippen LogP contribution in [0.15, 0.2) is 0 Å². The van der Waals surface area contributed by atoms with Crippen LogP contribution in [0.1, 0.15) is 54.4 Å². The van der Waals surface area contributed by atoms with Gasteiger partial charge in [-0.15, -0.1) is 0 Å². The van der Waals surface area contributed by atoms with Crippen molar-refractivity contribution in [2.24, 2.45) is 11.7 Å². The van der Waals surface area contributed by atoms with Crippen molar-refractivity contribution in [1.29, 1.82) is 0 Å². The van der Waals surface area contributed by atoms with Gasteiger partial charge in [-0.3, -0.25) is 9.69 Å². The van der Waals surface area contributed by atoms with E-state index in [-0.39, 0.29) is 12.3 Å². The van der Waals surface area contributed by atoms with E-state index in [2.05, 4.69) is 0 Å². The van der Waals surface area contributed by atoms with Crippen molar-refractivity contribution in [2.75, 3.05) is 6.54 Å². The van der Waals surface area contributed by atoms with E-state index in [9.17, 15) is 14.4 Å². The molecule has 2 atom stereocenters. The molecule has 23 heavy (non-hydrogen) atoms. The Morgan fingerprint density at radius 2 is 1.57 bits per heavy atom. The van der Waals surface area contributed by atoms with E-state index in [1.165, 1.54) is 4.90 Å². The molecular weight excluding hydrogens is 300 g/mol. The van der Waals surface area contributed by atoms with Gasteiger partial charge in [0.1, 0.15) is 17.2 Å². The molecule has 0 bridgehead atoms. The fourth-order valence-electron chi connectivity index (χ4n) is 2.54. The number of rotatable bonds is 3. The van der Waals surface area contributed by atoms with Gasteiger partial charge in [0, 0.05) is 18.9 Å². The average Bonchev–Trinajstić information content (AvgIpc) is 2.66. The minimum absolute atomic E-state index is 0.0310. The summed E-state index contributed by atoms with van der Waals surface area (Å²) in [7, 11) is 0. The highest BCUT2D eigenvalue weighted by Gasteiger charge is 2.45. The number of likely N-dealkylation sites (tertiary alicyclic amines) is 1. The number of carbonyl (C=O) groups excluding carboxylic acids is 3. The first-order valence-corrected chi connectivity index (χ1v) is 7.81. The Kier molecular flexibility index (Phi) is 5.66. The summed E-state index contributed by atoms with van der Waals surface area (Å²) in [5.74, 6) is -1.39. The van der Waals surface area contributed by atoms with Crippen LogP contribution < -0.4 is 5.73 Å². The van der Waals surface area contributed by atoms with Crippen LogP contribution in [0.25, 0.3) is 0 Å². The van der Waals surface area contributed by atoms with E-state index in [1.807, 2.05) is 0 Å². The summed E-state index contributed by atoms with van der Waals surface area (Å²) < 4.78 is 10.8. The Morgan fingerprint density at radius 1 is 1.04 bits per heavy atom. The van der Waals surface area contributed by atoms with Crippen molar-refractivity contribution < 1.29 is 23.9 Å². The fraction of sp³-hybridized carbons (Fsp3) is 0.812. The van der Waals surface area contributed by atoms with Crippen LogP contribution in [0, 0.1) is 5.92 Å². The Balaban J connectivity index is 2.97. The van der Waals surface area contributed by atoms with Crippen molar-refractivity contribution in [3.8, 4) is 0 Å². The largest absolute Gasteiger partial charge is 0.458 e. The summed E-state index contributed by atoms with van der Waals surface area (Å²) in [6, 6.07) is -0.850. The summed E-state index contributed by atoms with van der Waals surface area (Å²) in [4.78, 5) is 37.5. The molecule has 0 aromatic heterocycles. The third-order valence-corrected chi connectivity index (χ3v) is 3.26. The van der Waals surface area contributed by atoms with Crippen molar-refractivity contribution in [2.45, 2.75) is 71.6 Å². The number of hydrogen-bond acceptors (Lipinski definition) is 5. The number of amides is 2. The first-order chi connectivity index (χ1) is 10.3. The molecule has 0 spiro atoms. The molecule has 1 aliphatic rings. The van der Waals surface area contributed by atoms with Gasteiger partial charge in [0.2, 0.25) is 5.91 Å². The number of nitrogens with zero attached hydrogens (tertiary/aromatic N) is 1. The van der Waals surface area contributed by atoms with Gasteiger partial charge in [-0.1, -0.05) is 0 Å². The second-order valence-electron chi connectivity index (χ2n) is 7.87. The minimum atomic E-state index is -0.850. The lowest BCUT2D eigenvalue weighted by atomic mass is 9.96. The molecule has 2 amide bonds. The number of carbonyl (C=O) groups is 3. The molecule has 1 aliphatic heterocycles. The monoisotopic (exact) mass is 328 g/mol.